The van der Waals surface area contributed by atoms with E-state index in [0.29, 0.717) is 21.4 Å². The highest BCUT2D eigenvalue weighted by molar-refractivity contribution is 6.33. The Morgan fingerprint density at radius 3 is 1.60 bits per heavy atom. The van der Waals surface area contributed by atoms with Crippen molar-refractivity contribution in [1.29, 1.82) is 0 Å². The number of halogens is 3. The van der Waals surface area contributed by atoms with Crippen LogP contribution in [-0.2, 0) is 0 Å². The molecule has 0 spiro atoms. The van der Waals surface area contributed by atoms with Crippen LogP contribution in [0, 0.1) is 0 Å². The molecule has 20 heavy (non-hydrogen) atoms. The van der Waals surface area contributed by atoms with Gasteiger partial charge in [-0.3, -0.25) is 0 Å². The van der Waals surface area contributed by atoms with Crippen LogP contribution in [0.5, 0.6) is 0 Å². The molecule has 1 aliphatic carbocycles. The summed E-state index contributed by atoms with van der Waals surface area (Å²) in [6.07, 6.45) is 5.35. The summed E-state index contributed by atoms with van der Waals surface area (Å²) in [7, 11) is 0. The molecule has 0 bridgehead atoms. The Balaban J connectivity index is 0.000000182. The van der Waals surface area contributed by atoms with Crippen molar-refractivity contribution in [2.75, 3.05) is 0 Å². The zero-order valence-corrected chi connectivity index (χ0v) is 13.5. The molecule has 0 aliphatic heterocycles. The first-order valence-electron chi connectivity index (χ1n) is 6.25. The second-order valence-electron chi connectivity index (χ2n) is 3.70. The van der Waals surface area contributed by atoms with Crippen LogP contribution in [0.25, 0.3) is 0 Å². The topological polar surface area (TPSA) is 51.6 Å². The number of nitrogens with zero attached hydrogens (tertiary/aromatic N) is 4. The first-order valence-corrected chi connectivity index (χ1v) is 7.39. The predicted molar refractivity (Wildman–Crippen MR) is 82.4 cm³/mol. The smallest absolute Gasteiger partial charge is 0.133 e. The Hall–Kier alpha value is -0.970. The monoisotopic (exact) mass is 332 g/mol. The van der Waals surface area contributed by atoms with Crippen molar-refractivity contribution in [3.05, 3.63) is 45.9 Å². The molecule has 0 radical (unpaired) electrons. The van der Waals surface area contributed by atoms with Crippen LogP contribution in [0.4, 0.5) is 0 Å². The predicted octanol–water partition coefficient (Wildman–Crippen LogP) is 4.82. The Labute approximate surface area is 133 Å². The molecule has 108 valence electrons. The fraction of sp³-hybridized carbons (Fsp3) is 0.385. The highest BCUT2D eigenvalue weighted by Gasteiger charge is 2.24. The van der Waals surface area contributed by atoms with Gasteiger partial charge in [-0.25, -0.2) is 19.9 Å². The largest absolute Gasteiger partial charge is 0.241 e. The molecular weight excluding hydrogens is 319 g/mol. The molecule has 0 N–H and O–H groups in total. The second-order valence-corrected chi connectivity index (χ2v) is 4.87. The Morgan fingerprint density at radius 2 is 1.25 bits per heavy atom. The molecule has 0 amide bonds. The van der Waals surface area contributed by atoms with Crippen molar-refractivity contribution in [3.8, 4) is 0 Å². The zero-order chi connectivity index (χ0) is 15.0. The van der Waals surface area contributed by atoms with E-state index < -0.39 is 0 Å². The van der Waals surface area contributed by atoms with Gasteiger partial charge in [0.25, 0.3) is 0 Å². The molecule has 0 aromatic carbocycles. The maximum Gasteiger partial charge on any atom is 0.133 e. The van der Waals surface area contributed by atoms with Crippen molar-refractivity contribution in [1.82, 2.24) is 19.9 Å². The molecule has 2 aromatic rings. The minimum absolute atomic E-state index is 0.366. The summed E-state index contributed by atoms with van der Waals surface area (Å²) >= 11 is 16.5. The van der Waals surface area contributed by atoms with Crippen molar-refractivity contribution in [2.24, 2.45) is 0 Å². The number of hydrogen-bond donors (Lipinski definition) is 0. The normalized spacial score (nSPS) is 12.7. The Morgan fingerprint density at radius 1 is 0.800 bits per heavy atom. The Kier molecular flexibility index (Phi) is 7.73. The summed E-state index contributed by atoms with van der Waals surface area (Å²) in [5, 5.41) is 1.28. The lowest BCUT2D eigenvalue weighted by molar-refractivity contribution is 0.987. The van der Waals surface area contributed by atoms with Gasteiger partial charge >= 0.3 is 0 Å². The molecular formula is C13H15Cl3N4. The van der Waals surface area contributed by atoms with Gasteiger partial charge in [-0.05, 0) is 18.9 Å². The van der Waals surface area contributed by atoms with Gasteiger partial charge in [0.2, 0.25) is 0 Å². The fourth-order valence-electron chi connectivity index (χ4n) is 1.26. The molecule has 2 heterocycles. The van der Waals surface area contributed by atoms with Gasteiger partial charge in [-0.2, -0.15) is 0 Å². The van der Waals surface area contributed by atoms with E-state index in [0.717, 1.165) is 5.69 Å². The highest BCUT2D eigenvalue weighted by Crippen LogP contribution is 2.38. The van der Waals surface area contributed by atoms with Crippen LogP contribution in [0.15, 0.2) is 24.8 Å². The van der Waals surface area contributed by atoms with E-state index in [4.69, 9.17) is 34.8 Å². The van der Waals surface area contributed by atoms with Crippen LogP contribution in [0.3, 0.4) is 0 Å². The molecule has 1 aliphatic rings. The standard InChI is InChI=1S/C7H7ClN2.C4H2Cl2N2.C2H6/c8-7-3-6(5-1-2-5)9-4-10-7;5-3-1-4(6)8-2-7-3;1-2/h3-5H,1-2H2;1-2H;1-2H3. The van der Waals surface area contributed by atoms with E-state index in [1.54, 1.807) is 0 Å². The van der Waals surface area contributed by atoms with E-state index in [1.165, 1.54) is 31.6 Å². The molecule has 2 aromatic heterocycles. The SMILES string of the molecule is CC.Clc1cc(C2CC2)ncn1.Clc1cc(Cl)ncn1. The lowest BCUT2D eigenvalue weighted by atomic mass is 10.3. The van der Waals surface area contributed by atoms with Gasteiger partial charge in [0.1, 0.15) is 28.1 Å². The minimum atomic E-state index is 0.366. The summed E-state index contributed by atoms with van der Waals surface area (Å²) in [5.74, 6) is 0.667. The number of rotatable bonds is 1. The molecule has 7 heteroatoms. The quantitative estimate of drug-likeness (QED) is 0.702. The third-order valence-corrected chi connectivity index (χ3v) is 2.87. The van der Waals surface area contributed by atoms with Crippen LogP contribution in [0.1, 0.15) is 38.3 Å². The van der Waals surface area contributed by atoms with Gasteiger partial charge in [0, 0.05) is 17.7 Å². The van der Waals surface area contributed by atoms with Crippen molar-refractivity contribution in [2.45, 2.75) is 32.6 Å². The summed E-state index contributed by atoms with van der Waals surface area (Å²) in [4.78, 5) is 15.1. The van der Waals surface area contributed by atoms with Gasteiger partial charge in [0.15, 0.2) is 0 Å². The molecule has 4 nitrogen and oxygen atoms in total. The summed E-state index contributed by atoms with van der Waals surface area (Å²) in [6, 6.07) is 3.32. The van der Waals surface area contributed by atoms with Gasteiger partial charge in [0.05, 0.1) is 0 Å². The van der Waals surface area contributed by atoms with Crippen molar-refractivity contribution >= 4 is 34.8 Å². The lowest BCUT2D eigenvalue weighted by Crippen LogP contribution is -1.86. The van der Waals surface area contributed by atoms with Crippen LogP contribution >= 0.6 is 34.8 Å². The molecule has 0 atom stereocenters. The molecule has 3 rings (SSSR count). The molecule has 1 saturated carbocycles. The number of hydrogen-bond acceptors (Lipinski definition) is 4. The van der Waals surface area contributed by atoms with E-state index >= 15 is 0 Å². The summed E-state index contributed by atoms with van der Waals surface area (Å²) < 4.78 is 0. The van der Waals surface area contributed by atoms with Crippen LogP contribution < -0.4 is 0 Å². The van der Waals surface area contributed by atoms with Gasteiger partial charge < -0.3 is 0 Å². The first kappa shape index (κ1) is 17.1. The minimum Gasteiger partial charge on any atom is -0.241 e. The van der Waals surface area contributed by atoms with Crippen LogP contribution in [-0.4, -0.2) is 19.9 Å². The molecule has 1 fully saturated rings. The zero-order valence-electron chi connectivity index (χ0n) is 11.2. The van der Waals surface area contributed by atoms with Gasteiger partial charge in [-0.1, -0.05) is 48.7 Å². The third-order valence-electron chi connectivity index (χ3n) is 2.25. The van der Waals surface area contributed by atoms with Crippen LogP contribution in [0.2, 0.25) is 15.5 Å². The van der Waals surface area contributed by atoms with Gasteiger partial charge in [-0.15, -0.1) is 0 Å². The van der Waals surface area contributed by atoms with E-state index in [-0.39, 0.29) is 0 Å². The van der Waals surface area contributed by atoms with E-state index in [2.05, 4.69) is 19.9 Å². The maximum absolute atomic E-state index is 5.67. The average molecular weight is 334 g/mol. The molecule has 0 unspecified atom stereocenters. The highest BCUT2D eigenvalue weighted by atomic mass is 35.5. The summed E-state index contributed by atoms with van der Waals surface area (Å²) in [6.45, 7) is 4.00. The third kappa shape index (κ3) is 6.46. The second kappa shape index (κ2) is 9.06. The van der Waals surface area contributed by atoms with Crippen molar-refractivity contribution < 1.29 is 0 Å². The van der Waals surface area contributed by atoms with E-state index in [1.807, 2.05) is 19.9 Å². The number of aromatic nitrogens is 4. The lowest BCUT2D eigenvalue weighted by Gasteiger charge is -1.93. The fourth-order valence-corrected chi connectivity index (χ4v) is 1.77. The molecule has 0 saturated heterocycles. The first-order chi connectivity index (χ1) is 9.65. The summed E-state index contributed by atoms with van der Waals surface area (Å²) in [5.41, 5.74) is 1.10. The average Bonchev–Trinajstić information content (AvgIpc) is 3.26. The maximum atomic E-state index is 5.67. The van der Waals surface area contributed by atoms with E-state index in [9.17, 15) is 0 Å². The Bertz CT molecular complexity index is 515. The van der Waals surface area contributed by atoms with Crippen molar-refractivity contribution in [3.63, 3.8) is 0 Å².